The van der Waals surface area contributed by atoms with Crippen molar-refractivity contribution in [2.45, 2.75) is 19.8 Å². The van der Waals surface area contributed by atoms with Crippen molar-refractivity contribution >= 4 is 5.90 Å². The van der Waals surface area contributed by atoms with Crippen LogP contribution in [0.5, 0.6) is 0 Å². The van der Waals surface area contributed by atoms with Gasteiger partial charge in [-0.05, 0) is 0 Å². The standard InChI is InChI=1S/C6H11NO/c1-2-6-7-4-3-5-8-6/h2-5H2,1H3. The maximum absolute atomic E-state index is 5.18. The molecule has 0 spiro atoms. The smallest absolute Gasteiger partial charge is 0.182 e. The van der Waals surface area contributed by atoms with Gasteiger partial charge >= 0.3 is 0 Å². The van der Waals surface area contributed by atoms with E-state index in [1.54, 1.807) is 0 Å². The molecular formula is C6H11NO. The zero-order valence-corrected chi connectivity index (χ0v) is 5.18. The summed E-state index contributed by atoms with van der Waals surface area (Å²) >= 11 is 0. The van der Waals surface area contributed by atoms with Crippen LogP contribution < -0.4 is 0 Å². The maximum Gasteiger partial charge on any atom is 0.182 e. The second-order valence-corrected chi connectivity index (χ2v) is 1.83. The second kappa shape index (κ2) is 2.70. The number of aliphatic imine (C=N–C) groups is 1. The Morgan fingerprint density at radius 2 is 2.62 bits per heavy atom. The Morgan fingerprint density at radius 1 is 1.75 bits per heavy atom. The summed E-state index contributed by atoms with van der Waals surface area (Å²) in [5.74, 6) is 0.927. The Hall–Kier alpha value is -0.530. The molecule has 0 N–H and O–H groups in total. The van der Waals surface area contributed by atoms with E-state index in [0.717, 1.165) is 31.9 Å². The van der Waals surface area contributed by atoms with Gasteiger partial charge in [0, 0.05) is 19.4 Å². The largest absolute Gasteiger partial charge is 0.481 e. The molecule has 0 bridgehead atoms. The lowest BCUT2D eigenvalue weighted by atomic mass is 10.4. The van der Waals surface area contributed by atoms with Crippen molar-refractivity contribution in [3.05, 3.63) is 0 Å². The number of hydrogen-bond acceptors (Lipinski definition) is 2. The molecule has 0 fully saturated rings. The van der Waals surface area contributed by atoms with Gasteiger partial charge in [0.1, 0.15) is 0 Å². The van der Waals surface area contributed by atoms with Crippen LogP contribution in [0, 0.1) is 0 Å². The first kappa shape index (κ1) is 5.60. The summed E-state index contributed by atoms with van der Waals surface area (Å²) in [5.41, 5.74) is 0. The molecule has 1 rings (SSSR count). The van der Waals surface area contributed by atoms with Crippen LogP contribution in [0.25, 0.3) is 0 Å². The lowest BCUT2D eigenvalue weighted by Crippen LogP contribution is -2.11. The highest BCUT2D eigenvalue weighted by Crippen LogP contribution is 1.98. The second-order valence-electron chi connectivity index (χ2n) is 1.83. The SMILES string of the molecule is CCC1=NCCCO1. The Bertz CT molecular complexity index is 98.7. The van der Waals surface area contributed by atoms with Crippen LogP contribution in [-0.2, 0) is 4.74 Å². The number of hydrogen-bond donors (Lipinski definition) is 0. The van der Waals surface area contributed by atoms with Crippen molar-refractivity contribution in [2.24, 2.45) is 4.99 Å². The van der Waals surface area contributed by atoms with Crippen LogP contribution >= 0.6 is 0 Å². The monoisotopic (exact) mass is 113 g/mol. The van der Waals surface area contributed by atoms with Crippen molar-refractivity contribution < 1.29 is 4.74 Å². The third-order valence-corrected chi connectivity index (χ3v) is 1.16. The molecule has 0 radical (unpaired) electrons. The molecule has 0 unspecified atom stereocenters. The highest BCUT2D eigenvalue weighted by Gasteiger charge is 2.00. The van der Waals surface area contributed by atoms with Gasteiger partial charge < -0.3 is 4.74 Å². The minimum Gasteiger partial charge on any atom is -0.481 e. The van der Waals surface area contributed by atoms with Gasteiger partial charge in [0.2, 0.25) is 0 Å². The van der Waals surface area contributed by atoms with Gasteiger partial charge in [-0.3, -0.25) is 4.99 Å². The molecule has 2 heteroatoms. The normalized spacial score (nSPS) is 19.4. The minimum absolute atomic E-state index is 0.868. The molecule has 1 aliphatic heterocycles. The van der Waals surface area contributed by atoms with Crippen LogP contribution in [0.1, 0.15) is 19.8 Å². The molecular weight excluding hydrogens is 102 g/mol. The third kappa shape index (κ3) is 1.22. The molecule has 0 aromatic rings. The molecule has 0 aliphatic carbocycles. The first-order valence-electron chi connectivity index (χ1n) is 3.09. The lowest BCUT2D eigenvalue weighted by Gasteiger charge is -2.10. The molecule has 2 nitrogen and oxygen atoms in total. The lowest BCUT2D eigenvalue weighted by molar-refractivity contribution is 0.275. The van der Waals surface area contributed by atoms with Crippen molar-refractivity contribution in [1.29, 1.82) is 0 Å². The van der Waals surface area contributed by atoms with E-state index in [1.165, 1.54) is 0 Å². The van der Waals surface area contributed by atoms with Crippen molar-refractivity contribution in [2.75, 3.05) is 13.2 Å². The maximum atomic E-state index is 5.18. The summed E-state index contributed by atoms with van der Waals surface area (Å²) in [6.07, 6.45) is 2.03. The van der Waals surface area contributed by atoms with Gasteiger partial charge in [0.25, 0.3) is 0 Å². The summed E-state index contributed by atoms with van der Waals surface area (Å²) in [5, 5.41) is 0. The van der Waals surface area contributed by atoms with E-state index < -0.39 is 0 Å². The summed E-state index contributed by atoms with van der Waals surface area (Å²) < 4.78 is 5.18. The number of ether oxygens (including phenoxy) is 1. The van der Waals surface area contributed by atoms with Crippen molar-refractivity contribution in [3.63, 3.8) is 0 Å². The molecule has 1 aliphatic rings. The highest BCUT2D eigenvalue weighted by molar-refractivity contribution is 5.76. The molecule has 0 aromatic heterocycles. The predicted octanol–water partition coefficient (Wildman–Crippen LogP) is 1.22. The van der Waals surface area contributed by atoms with Crippen LogP contribution in [0.15, 0.2) is 4.99 Å². The topological polar surface area (TPSA) is 21.6 Å². The zero-order valence-electron chi connectivity index (χ0n) is 5.18. The van der Waals surface area contributed by atoms with Gasteiger partial charge in [-0.15, -0.1) is 0 Å². The van der Waals surface area contributed by atoms with Gasteiger partial charge in [0.05, 0.1) is 6.61 Å². The average molecular weight is 113 g/mol. The van der Waals surface area contributed by atoms with E-state index in [2.05, 4.69) is 11.9 Å². The average Bonchev–Trinajstić information content (AvgIpc) is 1.90. The molecule has 1 heterocycles. The van der Waals surface area contributed by atoms with E-state index in [0.29, 0.717) is 0 Å². The summed E-state index contributed by atoms with van der Waals surface area (Å²) in [4.78, 5) is 4.14. The highest BCUT2D eigenvalue weighted by atomic mass is 16.5. The van der Waals surface area contributed by atoms with Gasteiger partial charge in [-0.1, -0.05) is 6.92 Å². The fourth-order valence-electron chi connectivity index (χ4n) is 0.718. The molecule has 0 aromatic carbocycles. The molecule has 0 atom stereocenters. The van der Waals surface area contributed by atoms with Crippen LogP contribution in [0.3, 0.4) is 0 Å². The molecule has 8 heavy (non-hydrogen) atoms. The van der Waals surface area contributed by atoms with Crippen LogP contribution in [0.2, 0.25) is 0 Å². The first-order chi connectivity index (χ1) is 3.93. The van der Waals surface area contributed by atoms with Crippen molar-refractivity contribution in [3.8, 4) is 0 Å². The summed E-state index contributed by atoms with van der Waals surface area (Å²) in [7, 11) is 0. The van der Waals surface area contributed by atoms with E-state index in [9.17, 15) is 0 Å². The quantitative estimate of drug-likeness (QED) is 0.501. The van der Waals surface area contributed by atoms with Gasteiger partial charge in [-0.25, -0.2) is 0 Å². The Kier molecular flexibility index (Phi) is 1.89. The van der Waals surface area contributed by atoms with Gasteiger partial charge in [-0.2, -0.15) is 0 Å². The fraction of sp³-hybridized carbons (Fsp3) is 0.833. The fourth-order valence-corrected chi connectivity index (χ4v) is 0.718. The molecule has 0 saturated carbocycles. The molecule has 46 valence electrons. The Balaban J connectivity index is 2.37. The van der Waals surface area contributed by atoms with Crippen LogP contribution in [-0.4, -0.2) is 19.0 Å². The first-order valence-corrected chi connectivity index (χ1v) is 3.09. The summed E-state index contributed by atoms with van der Waals surface area (Å²) in [6.45, 7) is 3.89. The van der Waals surface area contributed by atoms with E-state index in [4.69, 9.17) is 4.74 Å². The van der Waals surface area contributed by atoms with Crippen LogP contribution in [0.4, 0.5) is 0 Å². The summed E-state index contributed by atoms with van der Waals surface area (Å²) in [6, 6.07) is 0. The third-order valence-electron chi connectivity index (χ3n) is 1.16. The van der Waals surface area contributed by atoms with E-state index in [1.807, 2.05) is 0 Å². The van der Waals surface area contributed by atoms with E-state index >= 15 is 0 Å². The van der Waals surface area contributed by atoms with Gasteiger partial charge in [0.15, 0.2) is 5.90 Å². The van der Waals surface area contributed by atoms with E-state index in [-0.39, 0.29) is 0 Å². The predicted molar refractivity (Wildman–Crippen MR) is 33.2 cm³/mol. The zero-order chi connectivity index (χ0) is 5.82. The number of rotatable bonds is 1. The van der Waals surface area contributed by atoms with Crippen molar-refractivity contribution in [1.82, 2.24) is 0 Å². The molecule has 0 saturated heterocycles. The minimum atomic E-state index is 0.868. The number of nitrogens with zero attached hydrogens (tertiary/aromatic N) is 1. The Morgan fingerprint density at radius 3 is 3.00 bits per heavy atom. The molecule has 0 amide bonds. The Labute approximate surface area is 49.6 Å².